The van der Waals surface area contributed by atoms with Gasteiger partial charge < -0.3 is 11.5 Å². The van der Waals surface area contributed by atoms with Gasteiger partial charge in [-0.3, -0.25) is 9.59 Å². The van der Waals surface area contributed by atoms with Crippen LogP contribution in [-0.4, -0.2) is 10.5 Å². The van der Waals surface area contributed by atoms with E-state index in [9.17, 15) is 0 Å². The molecule has 0 rings (SSSR count). The van der Waals surface area contributed by atoms with Gasteiger partial charge in [0.15, 0.2) is 0 Å². The van der Waals surface area contributed by atoms with Crippen LogP contribution in [0.5, 0.6) is 0 Å². The number of primary amides is 2. The normalized spacial score (nSPS) is 8.13. The lowest BCUT2D eigenvalue weighted by atomic mass is 9.94. The zero-order valence-corrected chi connectivity index (χ0v) is 10.9. The lowest BCUT2D eigenvalue weighted by Gasteiger charge is -2.12. The van der Waals surface area contributed by atoms with Crippen molar-refractivity contribution in [1.82, 2.24) is 0 Å². The second kappa shape index (κ2) is 13.6. The highest BCUT2D eigenvalue weighted by Crippen LogP contribution is 2.16. The molecule has 0 spiro atoms. The first-order valence-corrected chi connectivity index (χ1v) is 4.89. The van der Waals surface area contributed by atoms with Crippen molar-refractivity contribution in [2.24, 2.45) is 16.9 Å². The minimum Gasteiger partial charge on any atom is -0.361 e. The van der Waals surface area contributed by atoms with Crippen LogP contribution in [0.25, 0.3) is 0 Å². The number of amides is 2. The molecule has 0 saturated carbocycles. The van der Waals surface area contributed by atoms with E-state index in [-0.39, 0.29) is 7.43 Å². The number of nitrogens with two attached hydrogens (primary N) is 2. The number of rotatable bonds is 0. The van der Waals surface area contributed by atoms with E-state index in [0.29, 0.717) is 5.41 Å². The first-order valence-electron chi connectivity index (χ1n) is 3.99. The first-order chi connectivity index (χ1) is 6.02. The summed E-state index contributed by atoms with van der Waals surface area (Å²) in [4.78, 5) is 18.2. The third-order valence-corrected chi connectivity index (χ3v) is 1.06. The molecule has 0 aliphatic rings. The molecule has 6 heteroatoms. The van der Waals surface area contributed by atoms with E-state index in [1.807, 2.05) is 0 Å². The van der Waals surface area contributed by atoms with E-state index in [1.54, 1.807) is 0 Å². The summed E-state index contributed by atoms with van der Waals surface area (Å²) in [6.07, 6.45) is 1.27. The molecule has 0 unspecified atom stereocenters. The van der Waals surface area contributed by atoms with Crippen LogP contribution in [0.3, 0.4) is 0 Å². The number of carbonyl (C=O) groups is 2. The van der Waals surface area contributed by atoms with Crippen LogP contribution in [0.1, 0.15) is 41.5 Å². The Labute approximate surface area is 104 Å². The predicted octanol–water partition coefficient (Wildman–Crippen LogP) is 3.07. The van der Waals surface area contributed by atoms with Crippen LogP contribution in [0.2, 0.25) is 0 Å². The Balaban J connectivity index is -0.0000000606. The third-order valence-electron chi connectivity index (χ3n) is 1.06. The fraction of sp³-hybridized carbons (Fsp3) is 0.778. The van der Waals surface area contributed by atoms with Crippen molar-refractivity contribution in [3.05, 3.63) is 0 Å². The Morgan fingerprint density at radius 2 is 1.13 bits per heavy atom. The second-order valence-corrected chi connectivity index (χ2v) is 4.47. The molecule has 0 fully saturated rings. The predicted molar refractivity (Wildman–Crippen MR) is 73.6 cm³/mol. The average Bonchev–Trinajstić information content (AvgIpc) is 1.83. The number of carbonyl (C=O) groups excluding carboxylic acids is 2. The molecule has 2 amide bonds. The van der Waals surface area contributed by atoms with Crippen molar-refractivity contribution in [3.63, 3.8) is 0 Å². The monoisotopic (exact) mass is 256 g/mol. The molecule has 4 nitrogen and oxygen atoms in total. The third kappa shape index (κ3) is 265. The summed E-state index contributed by atoms with van der Waals surface area (Å²) in [5, 5.41) is -1.28. The lowest BCUT2D eigenvalue weighted by Crippen LogP contribution is -2.00. The van der Waals surface area contributed by atoms with E-state index in [2.05, 4.69) is 64.4 Å². The van der Waals surface area contributed by atoms with Crippen molar-refractivity contribution in [2.75, 3.05) is 0 Å². The van der Waals surface area contributed by atoms with E-state index < -0.39 is 10.5 Å². The van der Waals surface area contributed by atoms with Crippen LogP contribution < -0.4 is 11.5 Å². The molecule has 0 aliphatic heterocycles. The highest BCUT2D eigenvalue weighted by Gasteiger charge is 2.03. The molecule has 0 aromatic heterocycles. The van der Waals surface area contributed by atoms with Gasteiger partial charge >= 0.3 is 0 Å². The van der Waals surface area contributed by atoms with Gasteiger partial charge in [-0.15, -0.1) is 0 Å². The van der Waals surface area contributed by atoms with Crippen LogP contribution in [0.4, 0.5) is 9.59 Å². The van der Waals surface area contributed by atoms with E-state index in [0.717, 1.165) is 0 Å². The molecular formula is C9H24N2O2S2. The molecule has 0 heterocycles. The highest BCUT2D eigenvalue weighted by atomic mass is 32.1. The molecule has 0 saturated heterocycles. The summed E-state index contributed by atoms with van der Waals surface area (Å²) in [6.45, 7) is 8.94. The van der Waals surface area contributed by atoms with E-state index >= 15 is 0 Å². The SMILES string of the molecule is C.CCC(C)(C)C.NC(=O)S.NC(=O)S. The molecule has 0 bridgehead atoms. The molecule has 0 aromatic rings. The summed E-state index contributed by atoms with van der Waals surface area (Å²) < 4.78 is 0. The topological polar surface area (TPSA) is 86.2 Å². The lowest BCUT2D eigenvalue weighted by molar-refractivity contribution is 0.266. The van der Waals surface area contributed by atoms with Crippen molar-refractivity contribution in [3.8, 4) is 0 Å². The van der Waals surface area contributed by atoms with Gasteiger partial charge in [0.2, 0.25) is 0 Å². The highest BCUT2D eigenvalue weighted by molar-refractivity contribution is 7.96. The Morgan fingerprint density at radius 3 is 1.13 bits per heavy atom. The summed E-state index contributed by atoms with van der Waals surface area (Å²) in [5.41, 5.74) is 9.21. The molecule has 0 atom stereocenters. The zero-order chi connectivity index (χ0) is 12.4. The number of hydrogen-bond donors (Lipinski definition) is 4. The van der Waals surface area contributed by atoms with Crippen molar-refractivity contribution in [2.45, 2.75) is 41.5 Å². The van der Waals surface area contributed by atoms with Gasteiger partial charge in [-0.05, 0) is 5.41 Å². The maximum absolute atomic E-state index is 9.09. The maximum atomic E-state index is 9.09. The molecule has 0 aliphatic carbocycles. The first kappa shape index (κ1) is 24.1. The smallest absolute Gasteiger partial charge is 0.273 e. The van der Waals surface area contributed by atoms with Gasteiger partial charge in [0.1, 0.15) is 0 Å². The maximum Gasteiger partial charge on any atom is 0.273 e. The van der Waals surface area contributed by atoms with E-state index in [1.165, 1.54) is 6.42 Å². The van der Waals surface area contributed by atoms with Crippen LogP contribution in [-0.2, 0) is 0 Å². The van der Waals surface area contributed by atoms with Gasteiger partial charge in [0.25, 0.3) is 10.5 Å². The standard InChI is InChI=1S/C6H14.2CH3NOS.CH4/c1-5-6(2,3)4;2*2-1(3)4;/h5H2,1-4H3;2*(H3,2,3,4);1H4. The Bertz CT molecular complexity index is 148. The van der Waals surface area contributed by atoms with Crippen LogP contribution >= 0.6 is 25.3 Å². The molecule has 94 valence electrons. The molecule has 0 radical (unpaired) electrons. The molecule has 4 N–H and O–H groups in total. The fourth-order valence-electron chi connectivity index (χ4n) is 0. The Hall–Kier alpha value is -0.360. The van der Waals surface area contributed by atoms with Gasteiger partial charge in [0.05, 0.1) is 0 Å². The molecule has 15 heavy (non-hydrogen) atoms. The van der Waals surface area contributed by atoms with E-state index in [4.69, 9.17) is 9.59 Å². The summed E-state index contributed by atoms with van der Waals surface area (Å²) >= 11 is 6.21. The Kier molecular flexibility index (Phi) is 21.9. The number of hydrogen-bond acceptors (Lipinski definition) is 2. The minimum atomic E-state index is -0.639. The van der Waals surface area contributed by atoms with Gasteiger partial charge in [-0.1, -0.05) is 66.8 Å². The van der Waals surface area contributed by atoms with Crippen LogP contribution in [0.15, 0.2) is 0 Å². The van der Waals surface area contributed by atoms with Crippen molar-refractivity contribution in [1.29, 1.82) is 0 Å². The largest absolute Gasteiger partial charge is 0.361 e. The average molecular weight is 256 g/mol. The summed E-state index contributed by atoms with van der Waals surface area (Å²) in [6, 6.07) is 0. The second-order valence-electron chi connectivity index (χ2n) is 3.59. The fourth-order valence-corrected chi connectivity index (χ4v) is 0. The summed E-state index contributed by atoms with van der Waals surface area (Å²) in [5.74, 6) is 0. The Morgan fingerprint density at radius 1 is 1.07 bits per heavy atom. The van der Waals surface area contributed by atoms with Gasteiger partial charge in [-0.25, -0.2) is 0 Å². The van der Waals surface area contributed by atoms with Crippen molar-refractivity contribution >= 4 is 35.7 Å². The minimum absolute atomic E-state index is 0. The number of thiol groups is 2. The molecule has 0 aromatic carbocycles. The molecular weight excluding hydrogens is 232 g/mol. The van der Waals surface area contributed by atoms with Crippen molar-refractivity contribution < 1.29 is 9.59 Å². The zero-order valence-electron chi connectivity index (χ0n) is 9.07. The van der Waals surface area contributed by atoms with Crippen LogP contribution in [0, 0.1) is 5.41 Å². The van der Waals surface area contributed by atoms with Gasteiger partial charge in [-0.2, -0.15) is 0 Å². The summed E-state index contributed by atoms with van der Waals surface area (Å²) in [7, 11) is 0. The quantitative estimate of drug-likeness (QED) is 0.502. The van der Waals surface area contributed by atoms with Gasteiger partial charge in [0, 0.05) is 0 Å².